The Morgan fingerprint density at radius 2 is 1.87 bits per heavy atom. The van der Waals surface area contributed by atoms with Crippen LogP contribution in [0.25, 0.3) is 11.0 Å². The lowest BCUT2D eigenvalue weighted by Gasteiger charge is -2.19. The van der Waals surface area contributed by atoms with E-state index in [0.717, 1.165) is 23.4 Å². The largest absolute Gasteiger partial charge is 0.332 e. The number of aromatic nitrogens is 3. The van der Waals surface area contributed by atoms with Crippen molar-refractivity contribution in [2.75, 3.05) is 18.9 Å². The van der Waals surface area contributed by atoms with Crippen LogP contribution in [0.5, 0.6) is 0 Å². The number of para-hydroxylation sites is 1. The summed E-state index contributed by atoms with van der Waals surface area (Å²) < 4.78 is 1.83. The molecule has 0 aliphatic carbocycles. The number of amides is 2. The van der Waals surface area contributed by atoms with Gasteiger partial charge in [0.05, 0.1) is 23.7 Å². The van der Waals surface area contributed by atoms with Gasteiger partial charge < -0.3 is 10.2 Å². The van der Waals surface area contributed by atoms with Crippen molar-refractivity contribution in [1.29, 1.82) is 0 Å². The van der Waals surface area contributed by atoms with Gasteiger partial charge in [0.2, 0.25) is 5.91 Å². The SMILES string of the molecule is CCc1ccccc1NC(=O)CN(C)C(=O)c1cc(C(C)C)nc2c1cnn2C(C)C. The van der Waals surface area contributed by atoms with Gasteiger partial charge in [-0.2, -0.15) is 5.10 Å². The third kappa shape index (κ3) is 4.76. The molecule has 0 spiro atoms. The van der Waals surface area contributed by atoms with Crippen molar-refractivity contribution in [3.05, 3.63) is 53.3 Å². The van der Waals surface area contributed by atoms with E-state index in [0.29, 0.717) is 16.6 Å². The number of aryl methyl sites for hydroxylation is 1. The van der Waals surface area contributed by atoms with Crippen molar-refractivity contribution >= 4 is 28.5 Å². The zero-order valence-corrected chi connectivity index (χ0v) is 19.1. The third-order valence-corrected chi connectivity index (χ3v) is 5.30. The van der Waals surface area contributed by atoms with Crippen LogP contribution in [-0.2, 0) is 11.2 Å². The summed E-state index contributed by atoms with van der Waals surface area (Å²) in [6.45, 7) is 10.1. The van der Waals surface area contributed by atoms with Gasteiger partial charge in [-0.25, -0.2) is 9.67 Å². The van der Waals surface area contributed by atoms with Gasteiger partial charge in [0.15, 0.2) is 5.65 Å². The maximum atomic E-state index is 13.3. The van der Waals surface area contributed by atoms with E-state index in [2.05, 4.69) is 10.4 Å². The Hall–Kier alpha value is -3.22. The number of hydrogen-bond donors (Lipinski definition) is 1. The molecule has 0 saturated heterocycles. The van der Waals surface area contributed by atoms with Gasteiger partial charge >= 0.3 is 0 Å². The summed E-state index contributed by atoms with van der Waals surface area (Å²) in [6.07, 6.45) is 2.50. The maximum Gasteiger partial charge on any atom is 0.254 e. The van der Waals surface area contributed by atoms with Gasteiger partial charge in [-0.05, 0) is 43.9 Å². The second-order valence-electron chi connectivity index (χ2n) is 8.39. The van der Waals surface area contributed by atoms with E-state index in [-0.39, 0.29) is 30.3 Å². The number of benzene rings is 1. The highest BCUT2D eigenvalue weighted by Crippen LogP contribution is 2.25. The van der Waals surface area contributed by atoms with Crippen molar-refractivity contribution in [3.63, 3.8) is 0 Å². The molecule has 3 aromatic rings. The first-order valence-electron chi connectivity index (χ1n) is 10.7. The molecule has 0 aliphatic heterocycles. The average Bonchev–Trinajstić information content (AvgIpc) is 3.17. The number of nitrogens with one attached hydrogen (secondary N) is 1. The number of rotatable bonds is 7. The Balaban J connectivity index is 1.87. The lowest BCUT2D eigenvalue weighted by atomic mass is 10.0. The highest BCUT2D eigenvalue weighted by molar-refractivity contribution is 6.07. The van der Waals surface area contributed by atoms with E-state index in [9.17, 15) is 9.59 Å². The number of fused-ring (bicyclic) bond motifs is 1. The molecule has 3 rings (SSSR count). The quantitative estimate of drug-likeness (QED) is 0.613. The lowest BCUT2D eigenvalue weighted by Crippen LogP contribution is -2.35. The van der Waals surface area contributed by atoms with Crippen LogP contribution in [0.1, 0.15) is 68.2 Å². The molecule has 1 N–H and O–H groups in total. The summed E-state index contributed by atoms with van der Waals surface area (Å²) in [4.78, 5) is 32.1. The van der Waals surface area contributed by atoms with Crippen molar-refractivity contribution in [3.8, 4) is 0 Å². The van der Waals surface area contributed by atoms with E-state index in [1.807, 2.05) is 69.6 Å². The van der Waals surface area contributed by atoms with Gasteiger partial charge in [-0.3, -0.25) is 9.59 Å². The Labute approximate surface area is 183 Å². The molecule has 0 saturated carbocycles. The average molecular weight is 422 g/mol. The summed E-state index contributed by atoms with van der Waals surface area (Å²) in [5.74, 6) is -0.300. The van der Waals surface area contributed by atoms with E-state index in [1.54, 1.807) is 13.2 Å². The molecule has 0 bridgehead atoms. The molecule has 164 valence electrons. The van der Waals surface area contributed by atoms with Crippen LogP contribution in [0.4, 0.5) is 5.69 Å². The fourth-order valence-corrected chi connectivity index (χ4v) is 3.52. The summed E-state index contributed by atoms with van der Waals surface area (Å²) in [7, 11) is 1.64. The molecule has 0 aliphatic rings. The Morgan fingerprint density at radius 1 is 1.16 bits per heavy atom. The fraction of sp³-hybridized carbons (Fsp3) is 0.417. The fourth-order valence-electron chi connectivity index (χ4n) is 3.52. The molecule has 2 heterocycles. The predicted octanol–water partition coefficient (Wildman–Crippen LogP) is 4.41. The van der Waals surface area contributed by atoms with Crippen LogP contribution in [-0.4, -0.2) is 45.1 Å². The minimum atomic E-state index is -0.232. The molecule has 0 unspecified atom stereocenters. The second-order valence-corrected chi connectivity index (χ2v) is 8.39. The Kier molecular flexibility index (Phi) is 6.73. The van der Waals surface area contributed by atoms with E-state index < -0.39 is 0 Å². The lowest BCUT2D eigenvalue weighted by molar-refractivity contribution is -0.116. The number of likely N-dealkylation sites (N-methyl/N-ethyl adjacent to an activating group) is 1. The van der Waals surface area contributed by atoms with E-state index >= 15 is 0 Å². The predicted molar refractivity (Wildman–Crippen MR) is 123 cm³/mol. The zero-order valence-electron chi connectivity index (χ0n) is 19.1. The molecule has 0 fully saturated rings. The van der Waals surface area contributed by atoms with Crippen molar-refractivity contribution < 1.29 is 9.59 Å². The minimum Gasteiger partial charge on any atom is -0.332 e. The van der Waals surface area contributed by atoms with Gasteiger partial charge in [0, 0.05) is 24.5 Å². The van der Waals surface area contributed by atoms with Gasteiger partial charge in [0.25, 0.3) is 5.91 Å². The summed E-state index contributed by atoms with van der Waals surface area (Å²) in [5, 5.41) is 8.06. The van der Waals surface area contributed by atoms with E-state index in [4.69, 9.17) is 4.98 Å². The van der Waals surface area contributed by atoms with Crippen LogP contribution in [0.15, 0.2) is 36.5 Å². The van der Waals surface area contributed by atoms with Crippen LogP contribution in [0, 0.1) is 0 Å². The highest BCUT2D eigenvalue weighted by atomic mass is 16.2. The summed E-state index contributed by atoms with van der Waals surface area (Å²) in [6, 6.07) is 9.64. The Morgan fingerprint density at radius 3 is 2.52 bits per heavy atom. The number of carbonyl (C=O) groups excluding carboxylic acids is 2. The molecule has 7 nitrogen and oxygen atoms in total. The number of carbonyl (C=O) groups is 2. The number of nitrogens with zero attached hydrogens (tertiary/aromatic N) is 4. The van der Waals surface area contributed by atoms with Crippen LogP contribution in [0.2, 0.25) is 0 Å². The molecular formula is C24H31N5O2. The number of hydrogen-bond acceptors (Lipinski definition) is 4. The molecule has 0 radical (unpaired) electrons. The molecule has 2 aromatic heterocycles. The molecule has 1 aromatic carbocycles. The standard InChI is InChI=1S/C24H31N5O2/c1-7-17-10-8-9-11-20(17)26-22(30)14-28(6)24(31)18-12-21(15(2)3)27-23-19(18)13-25-29(23)16(4)5/h8-13,15-16H,7,14H2,1-6H3,(H,26,30). The van der Waals surface area contributed by atoms with Crippen LogP contribution < -0.4 is 5.32 Å². The van der Waals surface area contributed by atoms with Crippen molar-refractivity contribution in [1.82, 2.24) is 19.7 Å². The van der Waals surface area contributed by atoms with Gasteiger partial charge in [-0.1, -0.05) is 39.0 Å². The number of anilines is 1. The normalized spacial score (nSPS) is 11.4. The van der Waals surface area contributed by atoms with E-state index in [1.165, 1.54) is 4.90 Å². The third-order valence-electron chi connectivity index (χ3n) is 5.30. The monoisotopic (exact) mass is 421 g/mol. The smallest absolute Gasteiger partial charge is 0.254 e. The van der Waals surface area contributed by atoms with Crippen LogP contribution >= 0.6 is 0 Å². The van der Waals surface area contributed by atoms with Crippen LogP contribution in [0.3, 0.4) is 0 Å². The second kappa shape index (κ2) is 9.29. The molecule has 0 atom stereocenters. The topological polar surface area (TPSA) is 80.1 Å². The summed E-state index contributed by atoms with van der Waals surface area (Å²) in [5.41, 5.74) is 3.88. The van der Waals surface area contributed by atoms with Crippen molar-refractivity contribution in [2.24, 2.45) is 0 Å². The number of pyridine rings is 1. The van der Waals surface area contributed by atoms with Crippen molar-refractivity contribution in [2.45, 2.75) is 53.0 Å². The zero-order chi connectivity index (χ0) is 22.7. The first kappa shape index (κ1) is 22.5. The molecule has 7 heteroatoms. The van der Waals surface area contributed by atoms with Gasteiger partial charge in [0.1, 0.15) is 0 Å². The molecule has 2 amide bonds. The first-order valence-corrected chi connectivity index (χ1v) is 10.7. The minimum absolute atomic E-state index is 0.0456. The summed E-state index contributed by atoms with van der Waals surface area (Å²) >= 11 is 0. The molecule has 31 heavy (non-hydrogen) atoms. The highest BCUT2D eigenvalue weighted by Gasteiger charge is 2.22. The first-order chi connectivity index (χ1) is 14.7. The maximum absolute atomic E-state index is 13.3. The Bertz CT molecular complexity index is 1100. The molecular weight excluding hydrogens is 390 g/mol. The van der Waals surface area contributed by atoms with Gasteiger partial charge in [-0.15, -0.1) is 0 Å².